The predicted octanol–water partition coefficient (Wildman–Crippen LogP) is 1.53. The van der Waals surface area contributed by atoms with Crippen LogP contribution in [0.1, 0.15) is 32.1 Å². The first-order valence-corrected chi connectivity index (χ1v) is 11.7. The number of piperazine rings is 1. The third kappa shape index (κ3) is 4.44. The first-order chi connectivity index (χ1) is 13.7. The molecule has 0 atom stereocenters. The Bertz CT molecular complexity index is 625. The van der Waals surface area contributed by atoms with Gasteiger partial charge >= 0.3 is 0 Å². The van der Waals surface area contributed by atoms with Crippen molar-refractivity contribution in [3.05, 3.63) is 11.6 Å². The highest BCUT2D eigenvalue weighted by Gasteiger charge is 2.39. The second-order valence-electron chi connectivity index (χ2n) is 8.54. The summed E-state index contributed by atoms with van der Waals surface area (Å²) in [5, 5.41) is 3.16. The number of hydrogen-bond acceptors (Lipinski definition) is 6. The van der Waals surface area contributed by atoms with Crippen molar-refractivity contribution in [2.24, 2.45) is 10.7 Å². The van der Waals surface area contributed by atoms with Crippen molar-refractivity contribution in [2.45, 2.75) is 37.6 Å². The van der Waals surface area contributed by atoms with Gasteiger partial charge in [-0.25, -0.2) is 4.98 Å². The Balaban J connectivity index is 1.37. The largest absolute Gasteiger partial charge is 0.370 e. The van der Waals surface area contributed by atoms with E-state index >= 15 is 0 Å². The van der Waals surface area contributed by atoms with Crippen LogP contribution in [0.3, 0.4) is 0 Å². The molecule has 3 aliphatic heterocycles. The summed E-state index contributed by atoms with van der Waals surface area (Å²) in [5.74, 6) is 0.731. The number of hydrogen-bond donors (Lipinski definition) is 1. The topological polar surface area (TPSA) is 64.2 Å². The fraction of sp³-hybridized carbons (Fsp3) is 0.800. The van der Waals surface area contributed by atoms with Crippen molar-refractivity contribution < 1.29 is 0 Å². The Labute approximate surface area is 173 Å². The highest BCUT2D eigenvalue weighted by atomic mass is 32.1. The molecule has 28 heavy (non-hydrogen) atoms. The molecule has 0 aliphatic carbocycles. The molecule has 0 radical (unpaired) electrons. The number of rotatable bonds is 4. The standard InChI is InChI=1S/C20H35N7S/c1-24-10-5-20(6-11-24,27-8-3-2-4-9-27)17-23-18(21)25-12-14-26(15-13-25)19-22-7-16-28-19/h7,16H,2-6,8-15,17H2,1H3,(H2,21,23). The van der Waals surface area contributed by atoms with E-state index in [9.17, 15) is 0 Å². The first-order valence-electron chi connectivity index (χ1n) is 10.8. The highest BCUT2D eigenvalue weighted by molar-refractivity contribution is 7.13. The summed E-state index contributed by atoms with van der Waals surface area (Å²) < 4.78 is 0. The molecule has 7 nitrogen and oxygen atoms in total. The lowest BCUT2D eigenvalue weighted by molar-refractivity contribution is 0.0207. The maximum Gasteiger partial charge on any atom is 0.191 e. The molecular weight excluding hydrogens is 370 g/mol. The van der Waals surface area contributed by atoms with Gasteiger partial charge in [0.2, 0.25) is 0 Å². The molecule has 0 spiro atoms. The number of thiazole rings is 1. The van der Waals surface area contributed by atoms with Crippen molar-refractivity contribution in [3.63, 3.8) is 0 Å². The normalized spacial score (nSPS) is 25.2. The van der Waals surface area contributed by atoms with Crippen LogP contribution in [0.15, 0.2) is 16.6 Å². The molecule has 0 aromatic carbocycles. The molecule has 8 heteroatoms. The Morgan fingerprint density at radius 3 is 2.43 bits per heavy atom. The molecule has 0 unspecified atom stereocenters. The van der Waals surface area contributed by atoms with Crippen LogP contribution in [-0.4, -0.2) is 97.1 Å². The van der Waals surface area contributed by atoms with E-state index in [0.29, 0.717) is 0 Å². The molecule has 3 fully saturated rings. The lowest BCUT2D eigenvalue weighted by Crippen LogP contribution is -2.58. The lowest BCUT2D eigenvalue weighted by atomic mass is 9.84. The minimum Gasteiger partial charge on any atom is -0.370 e. The second kappa shape index (κ2) is 8.97. The molecule has 2 N–H and O–H groups in total. The molecule has 156 valence electrons. The summed E-state index contributed by atoms with van der Waals surface area (Å²) in [5.41, 5.74) is 6.67. The molecule has 3 aliphatic rings. The summed E-state index contributed by atoms with van der Waals surface area (Å²) in [6.45, 7) is 9.41. The van der Waals surface area contributed by atoms with E-state index in [-0.39, 0.29) is 5.54 Å². The Hall–Kier alpha value is -1.38. The maximum absolute atomic E-state index is 6.46. The van der Waals surface area contributed by atoms with E-state index in [1.807, 2.05) is 11.6 Å². The van der Waals surface area contributed by atoms with Gasteiger partial charge in [-0.2, -0.15) is 0 Å². The monoisotopic (exact) mass is 405 g/mol. The van der Waals surface area contributed by atoms with E-state index in [4.69, 9.17) is 10.7 Å². The average Bonchev–Trinajstić information content (AvgIpc) is 3.29. The zero-order valence-electron chi connectivity index (χ0n) is 17.2. The van der Waals surface area contributed by atoms with E-state index in [1.54, 1.807) is 11.3 Å². The van der Waals surface area contributed by atoms with E-state index in [0.717, 1.165) is 43.8 Å². The molecule has 1 aromatic heterocycles. The molecule has 3 saturated heterocycles. The summed E-state index contributed by atoms with van der Waals surface area (Å²) in [6, 6.07) is 0. The number of aromatic nitrogens is 1. The van der Waals surface area contributed by atoms with Gasteiger partial charge < -0.3 is 20.4 Å². The molecular formula is C20H35N7S. The lowest BCUT2D eigenvalue weighted by Gasteiger charge is -2.49. The number of likely N-dealkylation sites (tertiary alicyclic amines) is 2. The van der Waals surface area contributed by atoms with E-state index < -0.39 is 0 Å². The summed E-state index contributed by atoms with van der Waals surface area (Å²) >= 11 is 1.71. The van der Waals surface area contributed by atoms with Crippen molar-refractivity contribution in [1.82, 2.24) is 19.7 Å². The van der Waals surface area contributed by atoms with Crippen LogP contribution in [0.4, 0.5) is 5.13 Å². The van der Waals surface area contributed by atoms with Gasteiger partial charge in [0, 0.05) is 43.3 Å². The van der Waals surface area contributed by atoms with Crippen LogP contribution in [-0.2, 0) is 0 Å². The van der Waals surface area contributed by atoms with Gasteiger partial charge in [0.15, 0.2) is 11.1 Å². The molecule has 0 amide bonds. The summed E-state index contributed by atoms with van der Waals surface area (Å²) in [7, 11) is 2.24. The van der Waals surface area contributed by atoms with Gasteiger partial charge in [0.1, 0.15) is 0 Å². The quantitative estimate of drug-likeness (QED) is 0.605. The number of anilines is 1. The molecule has 4 heterocycles. The number of nitrogens with two attached hydrogens (primary N) is 1. The molecule has 0 saturated carbocycles. The first kappa shape index (κ1) is 19.9. The fourth-order valence-electron chi connectivity index (χ4n) is 4.80. The zero-order chi connectivity index (χ0) is 19.4. The number of aliphatic imine (C=N–C) groups is 1. The Morgan fingerprint density at radius 2 is 1.79 bits per heavy atom. The van der Waals surface area contributed by atoms with Crippen molar-refractivity contribution in [3.8, 4) is 0 Å². The van der Waals surface area contributed by atoms with Gasteiger partial charge in [-0.05, 0) is 58.9 Å². The Kier molecular flexibility index (Phi) is 6.38. The fourth-order valence-corrected chi connectivity index (χ4v) is 5.50. The van der Waals surface area contributed by atoms with Gasteiger partial charge in [-0.1, -0.05) is 6.42 Å². The molecule has 1 aromatic rings. The van der Waals surface area contributed by atoms with Gasteiger partial charge in [0.25, 0.3) is 0 Å². The zero-order valence-corrected chi connectivity index (χ0v) is 18.0. The molecule has 0 bridgehead atoms. The van der Waals surface area contributed by atoms with Crippen molar-refractivity contribution >= 4 is 22.4 Å². The van der Waals surface area contributed by atoms with Crippen LogP contribution in [0.2, 0.25) is 0 Å². The van der Waals surface area contributed by atoms with Crippen LogP contribution in [0.25, 0.3) is 0 Å². The smallest absolute Gasteiger partial charge is 0.191 e. The minimum atomic E-state index is 0.209. The van der Waals surface area contributed by atoms with Crippen LogP contribution < -0.4 is 10.6 Å². The second-order valence-corrected chi connectivity index (χ2v) is 9.41. The minimum absolute atomic E-state index is 0.209. The highest BCUT2D eigenvalue weighted by Crippen LogP contribution is 2.31. The van der Waals surface area contributed by atoms with Gasteiger partial charge in [-0.3, -0.25) is 9.89 Å². The van der Waals surface area contributed by atoms with Gasteiger partial charge in [0.05, 0.1) is 6.54 Å². The SMILES string of the molecule is CN1CCC(CN=C(N)N2CCN(c3nccs3)CC2)(N2CCCCC2)CC1. The number of piperidine rings is 2. The van der Waals surface area contributed by atoms with E-state index in [2.05, 4.69) is 31.6 Å². The van der Waals surface area contributed by atoms with Crippen LogP contribution >= 0.6 is 11.3 Å². The molecule has 4 rings (SSSR count). The van der Waals surface area contributed by atoms with Crippen molar-refractivity contribution in [1.29, 1.82) is 0 Å². The van der Waals surface area contributed by atoms with Crippen LogP contribution in [0, 0.1) is 0 Å². The third-order valence-corrected chi connectivity index (χ3v) is 7.61. The summed E-state index contributed by atoms with van der Waals surface area (Å²) in [4.78, 5) is 19.2. The summed E-state index contributed by atoms with van der Waals surface area (Å²) in [6.07, 6.45) is 8.33. The maximum atomic E-state index is 6.46. The average molecular weight is 406 g/mol. The Morgan fingerprint density at radius 1 is 1.07 bits per heavy atom. The predicted molar refractivity (Wildman–Crippen MR) is 117 cm³/mol. The van der Waals surface area contributed by atoms with Crippen LogP contribution in [0.5, 0.6) is 0 Å². The third-order valence-electron chi connectivity index (χ3n) is 6.77. The number of guanidine groups is 1. The van der Waals surface area contributed by atoms with E-state index in [1.165, 1.54) is 58.3 Å². The van der Waals surface area contributed by atoms with Crippen molar-refractivity contribution in [2.75, 3.05) is 70.9 Å². The van der Waals surface area contributed by atoms with Gasteiger partial charge in [-0.15, -0.1) is 11.3 Å². The number of nitrogens with zero attached hydrogens (tertiary/aromatic N) is 6.